The van der Waals surface area contributed by atoms with E-state index in [9.17, 15) is 10.2 Å². The molecule has 0 saturated carbocycles. The van der Waals surface area contributed by atoms with Crippen LogP contribution in [0.5, 0.6) is 11.5 Å². The molecule has 0 unspecified atom stereocenters. The van der Waals surface area contributed by atoms with Gasteiger partial charge in [-0.15, -0.1) is 10.2 Å². The number of benzene rings is 1. The fourth-order valence-electron chi connectivity index (χ4n) is 1.71. The van der Waals surface area contributed by atoms with Gasteiger partial charge in [-0.25, -0.2) is 0 Å². The zero-order valence-corrected chi connectivity index (χ0v) is 10.8. The standard InChI is InChI=1S/C11H10N4O3S/c1-18-5-9-12-13-11-15(9)14-10(19-11)6-2-7(16)4-8(17)3-6/h2-4,16-17H,5H2,1H3. The highest BCUT2D eigenvalue weighted by molar-refractivity contribution is 7.19. The van der Waals surface area contributed by atoms with Crippen LogP contribution in [0.3, 0.4) is 0 Å². The fraction of sp³-hybridized carbons (Fsp3) is 0.182. The first kappa shape index (κ1) is 11.9. The fourth-order valence-corrected chi connectivity index (χ4v) is 2.56. The molecule has 0 aliphatic rings. The van der Waals surface area contributed by atoms with Gasteiger partial charge in [0.05, 0.1) is 0 Å². The summed E-state index contributed by atoms with van der Waals surface area (Å²) in [4.78, 5) is 0.630. The van der Waals surface area contributed by atoms with Gasteiger partial charge in [-0.1, -0.05) is 11.3 Å². The molecule has 3 rings (SSSR count). The summed E-state index contributed by atoms with van der Waals surface area (Å²) in [5, 5.41) is 31.9. The number of methoxy groups -OCH3 is 1. The average Bonchev–Trinajstić information content (AvgIpc) is 2.90. The number of ether oxygens (including phenoxy) is 1. The number of hydrogen-bond donors (Lipinski definition) is 2. The summed E-state index contributed by atoms with van der Waals surface area (Å²) in [6.45, 7) is 0.315. The normalized spacial score (nSPS) is 11.2. The number of rotatable bonds is 3. The van der Waals surface area contributed by atoms with Crippen molar-refractivity contribution in [2.45, 2.75) is 6.61 Å². The summed E-state index contributed by atoms with van der Waals surface area (Å²) in [5.41, 5.74) is 0.622. The minimum Gasteiger partial charge on any atom is -0.508 e. The summed E-state index contributed by atoms with van der Waals surface area (Å²) < 4.78 is 6.60. The molecule has 7 nitrogen and oxygen atoms in total. The zero-order valence-electron chi connectivity index (χ0n) is 9.94. The maximum Gasteiger partial charge on any atom is 0.235 e. The second kappa shape index (κ2) is 4.48. The van der Waals surface area contributed by atoms with Crippen LogP contribution in [-0.2, 0) is 11.3 Å². The molecule has 0 amide bonds. The number of hydrogen-bond acceptors (Lipinski definition) is 7. The van der Waals surface area contributed by atoms with Gasteiger partial charge in [0.25, 0.3) is 0 Å². The quantitative estimate of drug-likeness (QED) is 0.752. The Bertz CT molecular complexity index is 716. The largest absolute Gasteiger partial charge is 0.508 e. The molecule has 3 aromatic rings. The molecule has 0 spiro atoms. The van der Waals surface area contributed by atoms with Crippen molar-refractivity contribution in [3.8, 4) is 22.1 Å². The first-order valence-electron chi connectivity index (χ1n) is 5.41. The summed E-state index contributed by atoms with van der Waals surface area (Å²) in [7, 11) is 1.57. The zero-order chi connectivity index (χ0) is 13.4. The Morgan fingerprint density at radius 1 is 1.21 bits per heavy atom. The smallest absolute Gasteiger partial charge is 0.235 e. The van der Waals surface area contributed by atoms with Crippen molar-refractivity contribution in [3.63, 3.8) is 0 Å². The number of aromatic nitrogens is 4. The van der Waals surface area contributed by atoms with E-state index >= 15 is 0 Å². The lowest BCUT2D eigenvalue weighted by molar-refractivity contribution is 0.176. The highest BCUT2D eigenvalue weighted by atomic mass is 32.1. The summed E-state index contributed by atoms with van der Waals surface area (Å²) in [6, 6.07) is 4.32. The Kier molecular flexibility index (Phi) is 2.80. The second-order valence-electron chi connectivity index (χ2n) is 3.89. The van der Waals surface area contributed by atoms with Gasteiger partial charge in [-0.3, -0.25) is 0 Å². The van der Waals surface area contributed by atoms with E-state index in [1.807, 2.05) is 0 Å². The molecular formula is C11H10N4O3S. The van der Waals surface area contributed by atoms with Crippen molar-refractivity contribution >= 4 is 16.3 Å². The lowest BCUT2D eigenvalue weighted by Gasteiger charge is -1.99. The van der Waals surface area contributed by atoms with Crippen LogP contribution in [-0.4, -0.2) is 37.1 Å². The highest BCUT2D eigenvalue weighted by Gasteiger charge is 2.13. The lowest BCUT2D eigenvalue weighted by atomic mass is 10.2. The van der Waals surface area contributed by atoms with Gasteiger partial charge in [0, 0.05) is 18.7 Å². The van der Waals surface area contributed by atoms with Crippen molar-refractivity contribution in [2.24, 2.45) is 0 Å². The van der Waals surface area contributed by atoms with Crippen molar-refractivity contribution in [3.05, 3.63) is 24.0 Å². The third-order valence-corrected chi connectivity index (χ3v) is 3.43. The Balaban J connectivity index is 2.10. The van der Waals surface area contributed by atoms with Crippen molar-refractivity contribution < 1.29 is 14.9 Å². The van der Waals surface area contributed by atoms with Crippen molar-refractivity contribution in [1.82, 2.24) is 19.8 Å². The average molecular weight is 278 g/mol. The van der Waals surface area contributed by atoms with Crippen LogP contribution in [0.25, 0.3) is 15.5 Å². The van der Waals surface area contributed by atoms with Gasteiger partial charge in [0.15, 0.2) is 5.82 Å². The molecule has 19 heavy (non-hydrogen) atoms. The van der Waals surface area contributed by atoms with E-state index in [2.05, 4.69) is 15.3 Å². The van der Waals surface area contributed by atoms with Crippen molar-refractivity contribution in [2.75, 3.05) is 7.11 Å². The maximum atomic E-state index is 9.48. The van der Waals surface area contributed by atoms with E-state index in [0.29, 0.717) is 28.0 Å². The van der Waals surface area contributed by atoms with Gasteiger partial charge in [-0.2, -0.15) is 9.61 Å². The SMILES string of the molecule is COCc1nnc2sc(-c3cc(O)cc(O)c3)nn12. The molecule has 0 saturated heterocycles. The van der Waals surface area contributed by atoms with Crippen LogP contribution >= 0.6 is 11.3 Å². The predicted octanol–water partition coefficient (Wildman–Crippen LogP) is 1.41. The summed E-state index contributed by atoms with van der Waals surface area (Å²) in [5.74, 6) is 0.570. The molecular weight excluding hydrogens is 268 g/mol. The predicted molar refractivity (Wildman–Crippen MR) is 68.1 cm³/mol. The van der Waals surface area contributed by atoms with Gasteiger partial charge in [-0.05, 0) is 12.1 Å². The maximum absolute atomic E-state index is 9.48. The van der Waals surface area contributed by atoms with Crippen molar-refractivity contribution in [1.29, 1.82) is 0 Å². The first-order valence-corrected chi connectivity index (χ1v) is 6.22. The third-order valence-electron chi connectivity index (χ3n) is 2.48. The number of nitrogens with zero attached hydrogens (tertiary/aromatic N) is 4. The summed E-state index contributed by atoms with van der Waals surface area (Å²) >= 11 is 1.31. The first-order chi connectivity index (χ1) is 9.17. The van der Waals surface area contributed by atoms with E-state index in [1.54, 1.807) is 11.6 Å². The molecule has 0 fully saturated rings. The monoisotopic (exact) mass is 278 g/mol. The second-order valence-corrected chi connectivity index (χ2v) is 4.84. The molecule has 2 heterocycles. The van der Waals surface area contributed by atoms with Crippen LogP contribution in [0.15, 0.2) is 18.2 Å². The van der Waals surface area contributed by atoms with E-state index in [4.69, 9.17) is 4.74 Å². The van der Waals surface area contributed by atoms with Gasteiger partial charge in [0.1, 0.15) is 23.1 Å². The molecule has 0 aliphatic carbocycles. The van der Waals surface area contributed by atoms with Crippen LogP contribution in [0.2, 0.25) is 0 Å². The van der Waals surface area contributed by atoms with E-state index in [1.165, 1.54) is 29.5 Å². The Morgan fingerprint density at radius 2 is 1.95 bits per heavy atom. The topological polar surface area (TPSA) is 92.8 Å². The van der Waals surface area contributed by atoms with E-state index < -0.39 is 0 Å². The molecule has 8 heteroatoms. The Labute approximate surface area is 111 Å². The Hall–Kier alpha value is -2.19. The van der Waals surface area contributed by atoms with E-state index in [0.717, 1.165) is 0 Å². The Morgan fingerprint density at radius 3 is 2.63 bits per heavy atom. The molecule has 0 atom stereocenters. The molecule has 0 radical (unpaired) electrons. The number of phenolic OH excluding ortho intramolecular Hbond substituents is 2. The minimum atomic E-state index is -0.0157. The molecule has 2 aromatic heterocycles. The molecule has 2 N–H and O–H groups in total. The molecule has 0 aliphatic heterocycles. The lowest BCUT2D eigenvalue weighted by Crippen LogP contribution is -1.97. The van der Waals surface area contributed by atoms with Gasteiger partial charge in [0.2, 0.25) is 4.96 Å². The minimum absolute atomic E-state index is 0.0157. The highest BCUT2D eigenvalue weighted by Crippen LogP contribution is 2.31. The third kappa shape index (κ3) is 2.11. The van der Waals surface area contributed by atoms with Crippen LogP contribution in [0, 0.1) is 0 Å². The van der Waals surface area contributed by atoms with Crippen LogP contribution < -0.4 is 0 Å². The van der Waals surface area contributed by atoms with Crippen LogP contribution in [0.1, 0.15) is 5.82 Å². The number of fused-ring (bicyclic) bond motifs is 1. The molecule has 0 bridgehead atoms. The van der Waals surface area contributed by atoms with Gasteiger partial charge < -0.3 is 14.9 Å². The summed E-state index contributed by atoms with van der Waals surface area (Å²) in [6.07, 6.45) is 0. The number of aromatic hydroxyl groups is 2. The van der Waals surface area contributed by atoms with E-state index in [-0.39, 0.29) is 11.5 Å². The van der Waals surface area contributed by atoms with Gasteiger partial charge >= 0.3 is 0 Å². The molecule has 1 aromatic carbocycles. The van der Waals surface area contributed by atoms with Crippen LogP contribution in [0.4, 0.5) is 0 Å². The number of phenols is 2. The molecule has 98 valence electrons.